The topological polar surface area (TPSA) is 38.5 Å². The van der Waals surface area contributed by atoms with Gasteiger partial charge in [-0.05, 0) is 18.2 Å². The lowest BCUT2D eigenvalue weighted by molar-refractivity contribution is -0.670. The largest absolute Gasteiger partial charge is 0.296 e. The highest BCUT2D eigenvalue weighted by Crippen LogP contribution is 2.27. The molecule has 0 aliphatic carbocycles. The van der Waals surface area contributed by atoms with Gasteiger partial charge in [0.1, 0.15) is 18.3 Å². The average Bonchev–Trinajstić information content (AvgIpc) is 3.05. The smallest absolute Gasteiger partial charge is 0.264 e. The monoisotopic (exact) mass is 248 g/mol. The molecule has 0 N–H and O–H groups in total. The van der Waals surface area contributed by atoms with Gasteiger partial charge in [-0.3, -0.25) is 4.98 Å². The van der Waals surface area contributed by atoms with Crippen molar-refractivity contribution in [3.8, 4) is 11.4 Å². The maximum atomic E-state index is 4.41. The molecule has 1 aliphatic rings. The van der Waals surface area contributed by atoms with Crippen LogP contribution in [-0.4, -0.2) is 19.0 Å². The Morgan fingerprint density at radius 1 is 1.21 bits per heavy atom. The van der Waals surface area contributed by atoms with Crippen LogP contribution in [0.15, 0.2) is 49.2 Å². The molecular formula is C14H10N5+. The Balaban J connectivity index is 1.97. The van der Waals surface area contributed by atoms with Crippen LogP contribution in [0.3, 0.4) is 0 Å². The predicted molar refractivity (Wildman–Crippen MR) is 68.7 cm³/mol. The standard InChI is InChI=1S/C14H10N5/c1-2-11-8-18-13(19(11)16-4-1)9-17-7-10-6-15-5-3-12(10)14(17)18/h1-6,8-9H,7H2/q+1. The van der Waals surface area contributed by atoms with Gasteiger partial charge in [-0.25, -0.2) is 4.57 Å². The lowest BCUT2D eigenvalue weighted by atomic mass is 10.2. The summed E-state index contributed by atoms with van der Waals surface area (Å²) in [5.74, 6) is 1.21. The first-order valence-electron chi connectivity index (χ1n) is 6.22. The van der Waals surface area contributed by atoms with Gasteiger partial charge in [0.15, 0.2) is 6.20 Å². The Kier molecular flexibility index (Phi) is 1.46. The second-order valence-electron chi connectivity index (χ2n) is 4.83. The molecule has 0 amide bonds. The highest BCUT2D eigenvalue weighted by molar-refractivity contribution is 5.66. The van der Waals surface area contributed by atoms with Crippen LogP contribution in [0.4, 0.5) is 0 Å². The van der Waals surface area contributed by atoms with E-state index in [4.69, 9.17) is 0 Å². The molecule has 0 saturated carbocycles. The highest BCUT2D eigenvalue weighted by atomic mass is 15.3. The third-order valence-electron chi connectivity index (χ3n) is 3.76. The van der Waals surface area contributed by atoms with Crippen LogP contribution in [-0.2, 0) is 6.54 Å². The molecule has 0 bridgehead atoms. The SMILES string of the molecule is c1cnn2c(c1)cn1c3[n+](cc12)Cc1cnccc1-3. The average molecular weight is 248 g/mol. The van der Waals surface area contributed by atoms with E-state index in [9.17, 15) is 0 Å². The maximum Gasteiger partial charge on any atom is 0.296 e. The number of hydrogen-bond donors (Lipinski definition) is 0. The van der Waals surface area contributed by atoms with E-state index in [2.05, 4.69) is 43.6 Å². The van der Waals surface area contributed by atoms with Gasteiger partial charge in [0.25, 0.3) is 11.5 Å². The number of hydrogen-bond acceptors (Lipinski definition) is 2. The Morgan fingerprint density at radius 3 is 3.21 bits per heavy atom. The van der Waals surface area contributed by atoms with Crippen molar-refractivity contribution in [2.45, 2.75) is 6.54 Å². The molecule has 0 aromatic carbocycles. The van der Waals surface area contributed by atoms with Crippen molar-refractivity contribution in [3.63, 3.8) is 0 Å². The summed E-state index contributed by atoms with van der Waals surface area (Å²) in [6.07, 6.45) is 9.89. The minimum atomic E-state index is 0.884. The quantitative estimate of drug-likeness (QED) is 0.387. The van der Waals surface area contributed by atoms with Gasteiger partial charge in [-0.2, -0.15) is 14.0 Å². The zero-order valence-electron chi connectivity index (χ0n) is 10.1. The van der Waals surface area contributed by atoms with Gasteiger partial charge in [0.2, 0.25) is 0 Å². The highest BCUT2D eigenvalue weighted by Gasteiger charge is 2.31. The van der Waals surface area contributed by atoms with Crippen LogP contribution in [0.2, 0.25) is 0 Å². The lowest BCUT2D eigenvalue weighted by Gasteiger charge is -1.91. The van der Waals surface area contributed by atoms with Gasteiger partial charge in [-0.15, -0.1) is 0 Å². The van der Waals surface area contributed by atoms with Crippen LogP contribution in [0, 0.1) is 0 Å². The van der Waals surface area contributed by atoms with Crippen molar-refractivity contribution < 1.29 is 4.57 Å². The molecule has 1 aliphatic heterocycles. The molecule has 5 heteroatoms. The first-order valence-corrected chi connectivity index (χ1v) is 6.22. The summed E-state index contributed by atoms with van der Waals surface area (Å²) >= 11 is 0. The zero-order valence-corrected chi connectivity index (χ0v) is 10.1. The first-order chi connectivity index (χ1) is 9.42. The molecule has 4 aromatic heterocycles. The van der Waals surface area contributed by atoms with E-state index in [0.717, 1.165) is 17.7 Å². The molecule has 5 heterocycles. The molecule has 0 unspecified atom stereocenters. The predicted octanol–water partition coefficient (Wildman–Crippen LogP) is 1.30. The number of aromatic nitrogens is 5. The summed E-state index contributed by atoms with van der Waals surface area (Å²) in [7, 11) is 0. The van der Waals surface area contributed by atoms with E-state index in [-0.39, 0.29) is 0 Å². The summed E-state index contributed by atoms with van der Waals surface area (Å²) in [6.45, 7) is 0.884. The minimum Gasteiger partial charge on any atom is -0.264 e. The van der Waals surface area contributed by atoms with Crippen LogP contribution in [0.5, 0.6) is 0 Å². The molecule has 4 aromatic rings. The summed E-state index contributed by atoms with van der Waals surface area (Å²) in [5, 5.41) is 4.41. The van der Waals surface area contributed by atoms with Crippen LogP contribution < -0.4 is 4.57 Å². The fourth-order valence-corrected chi connectivity index (χ4v) is 2.96. The molecule has 0 radical (unpaired) electrons. The van der Waals surface area contributed by atoms with Crippen molar-refractivity contribution in [1.82, 2.24) is 19.0 Å². The van der Waals surface area contributed by atoms with E-state index >= 15 is 0 Å². The van der Waals surface area contributed by atoms with E-state index in [1.807, 2.05) is 29.2 Å². The molecule has 5 nitrogen and oxygen atoms in total. The maximum absolute atomic E-state index is 4.41. The summed E-state index contributed by atoms with van der Waals surface area (Å²) in [5.41, 5.74) is 4.72. The van der Waals surface area contributed by atoms with Crippen molar-refractivity contribution in [2.75, 3.05) is 0 Å². The number of rotatable bonds is 0. The molecule has 0 saturated heterocycles. The summed E-state index contributed by atoms with van der Waals surface area (Å²) in [6, 6.07) is 6.11. The number of imidazole rings is 2. The third kappa shape index (κ3) is 1.03. The molecule has 5 rings (SSSR count). The van der Waals surface area contributed by atoms with Gasteiger partial charge in [-0.1, -0.05) is 0 Å². The Hall–Kier alpha value is -2.69. The van der Waals surface area contributed by atoms with Crippen LogP contribution in [0.1, 0.15) is 5.56 Å². The fourth-order valence-electron chi connectivity index (χ4n) is 2.96. The minimum absolute atomic E-state index is 0.884. The van der Waals surface area contributed by atoms with Crippen molar-refractivity contribution in [2.24, 2.45) is 0 Å². The van der Waals surface area contributed by atoms with Gasteiger partial charge in [0.05, 0.1) is 5.56 Å². The summed E-state index contributed by atoms with van der Waals surface area (Å²) in [4.78, 5) is 4.20. The fraction of sp³-hybridized carbons (Fsp3) is 0.0714. The van der Waals surface area contributed by atoms with Gasteiger partial charge >= 0.3 is 0 Å². The summed E-state index contributed by atoms with van der Waals surface area (Å²) < 4.78 is 6.42. The van der Waals surface area contributed by atoms with E-state index in [1.165, 1.54) is 17.0 Å². The lowest BCUT2D eigenvalue weighted by Crippen LogP contribution is -2.29. The van der Waals surface area contributed by atoms with Gasteiger partial charge in [0, 0.05) is 24.2 Å². The Morgan fingerprint density at radius 2 is 2.21 bits per heavy atom. The number of pyridine rings is 1. The van der Waals surface area contributed by atoms with Crippen molar-refractivity contribution >= 4 is 11.2 Å². The normalized spacial score (nSPS) is 13.1. The second-order valence-corrected chi connectivity index (χ2v) is 4.83. The third-order valence-corrected chi connectivity index (χ3v) is 3.76. The number of nitrogens with zero attached hydrogens (tertiary/aromatic N) is 5. The van der Waals surface area contributed by atoms with Crippen molar-refractivity contribution in [1.29, 1.82) is 0 Å². The van der Waals surface area contributed by atoms with Crippen LogP contribution >= 0.6 is 0 Å². The van der Waals surface area contributed by atoms with Crippen LogP contribution in [0.25, 0.3) is 22.6 Å². The molecule has 0 fully saturated rings. The molecule has 90 valence electrons. The molecular weight excluding hydrogens is 238 g/mol. The number of fused-ring (bicyclic) bond motifs is 7. The molecule has 0 spiro atoms. The van der Waals surface area contributed by atoms with E-state index in [0.29, 0.717) is 0 Å². The van der Waals surface area contributed by atoms with E-state index < -0.39 is 0 Å². The molecule has 19 heavy (non-hydrogen) atoms. The van der Waals surface area contributed by atoms with E-state index in [1.54, 1.807) is 0 Å². The van der Waals surface area contributed by atoms with Crippen molar-refractivity contribution in [3.05, 3.63) is 54.7 Å². The Bertz CT molecular complexity index is 947. The van der Waals surface area contributed by atoms with Gasteiger partial charge < -0.3 is 0 Å². The zero-order chi connectivity index (χ0) is 12.4. The second kappa shape index (κ2) is 3.00. The Labute approximate surface area is 108 Å². The molecule has 0 atom stereocenters. The first kappa shape index (κ1) is 9.27.